The standard InChI is InChI=1S/C28H26FNO3/c1-19-8-6-7-11-23(19)17-30-20(2)27(28(32)33-18-21-9-4-3-5-10-21)25(16-26(30)31)22-12-14-24(29)15-13-22/h3-15,25H,16-18H2,1-2H3. The summed E-state index contributed by atoms with van der Waals surface area (Å²) in [4.78, 5) is 28.2. The minimum Gasteiger partial charge on any atom is -0.457 e. The van der Waals surface area contributed by atoms with Crippen molar-refractivity contribution >= 4 is 11.9 Å². The van der Waals surface area contributed by atoms with Crippen molar-refractivity contribution < 1.29 is 18.7 Å². The maximum Gasteiger partial charge on any atom is 0.336 e. The second-order valence-corrected chi connectivity index (χ2v) is 8.28. The second-order valence-electron chi connectivity index (χ2n) is 8.28. The number of benzene rings is 3. The van der Waals surface area contributed by atoms with Gasteiger partial charge in [-0.25, -0.2) is 9.18 Å². The third kappa shape index (κ3) is 5.03. The summed E-state index contributed by atoms with van der Waals surface area (Å²) in [6, 6.07) is 23.3. The van der Waals surface area contributed by atoms with E-state index in [-0.39, 0.29) is 24.8 Å². The van der Waals surface area contributed by atoms with E-state index in [9.17, 15) is 14.0 Å². The Kier molecular flexibility index (Phi) is 6.68. The normalized spacial score (nSPS) is 16.2. The molecule has 0 spiro atoms. The first kappa shape index (κ1) is 22.5. The fraction of sp³-hybridized carbons (Fsp3) is 0.214. The Balaban J connectivity index is 1.69. The number of carbonyl (C=O) groups excluding carboxylic acids is 2. The van der Waals surface area contributed by atoms with E-state index in [1.807, 2.05) is 61.5 Å². The summed E-state index contributed by atoms with van der Waals surface area (Å²) >= 11 is 0. The van der Waals surface area contributed by atoms with Crippen LogP contribution in [0.25, 0.3) is 0 Å². The van der Waals surface area contributed by atoms with Crippen LogP contribution in [0.15, 0.2) is 90.1 Å². The average Bonchev–Trinajstić information content (AvgIpc) is 2.82. The zero-order valence-corrected chi connectivity index (χ0v) is 18.8. The lowest BCUT2D eigenvalue weighted by atomic mass is 9.83. The highest BCUT2D eigenvalue weighted by Gasteiger charge is 2.37. The van der Waals surface area contributed by atoms with Crippen LogP contribution in [0.4, 0.5) is 4.39 Å². The number of allylic oxidation sites excluding steroid dienone is 1. The molecule has 0 saturated heterocycles. The summed E-state index contributed by atoms with van der Waals surface area (Å²) in [6.07, 6.45) is 0.116. The molecule has 1 aliphatic heterocycles. The Morgan fingerprint density at radius 1 is 0.970 bits per heavy atom. The molecule has 1 atom stereocenters. The van der Waals surface area contributed by atoms with Crippen LogP contribution < -0.4 is 0 Å². The minimum atomic E-state index is -0.491. The van der Waals surface area contributed by atoms with E-state index in [2.05, 4.69) is 0 Å². The Morgan fingerprint density at radius 3 is 2.33 bits per heavy atom. The molecule has 0 fully saturated rings. The topological polar surface area (TPSA) is 46.6 Å². The van der Waals surface area contributed by atoms with Crippen molar-refractivity contribution in [2.24, 2.45) is 0 Å². The zero-order valence-electron chi connectivity index (χ0n) is 18.8. The van der Waals surface area contributed by atoms with Gasteiger partial charge in [0.05, 0.1) is 12.1 Å². The van der Waals surface area contributed by atoms with Crippen LogP contribution in [0.5, 0.6) is 0 Å². The Bertz CT molecular complexity index is 1190. The number of carbonyl (C=O) groups is 2. The molecule has 3 aromatic carbocycles. The van der Waals surface area contributed by atoms with Gasteiger partial charge in [-0.15, -0.1) is 0 Å². The molecule has 5 heteroatoms. The molecule has 0 N–H and O–H groups in total. The van der Waals surface area contributed by atoms with Crippen LogP contribution in [0.2, 0.25) is 0 Å². The van der Waals surface area contributed by atoms with E-state index < -0.39 is 11.9 Å². The Labute approximate surface area is 193 Å². The van der Waals surface area contributed by atoms with Gasteiger partial charge in [-0.2, -0.15) is 0 Å². The van der Waals surface area contributed by atoms with Crippen molar-refractivity contribution in [3.05, 3.63) is 118 Å². The third-order valence-electron chi connectivity index (χ3n) is 6.12. The average molecular weight is 444 g/mol. The molecule has 4 nitrogen and oxygen atoms in total. The highest BCUT2D eigenvalue weighted by Crippen LogP contribution is 2.38. The van der Waals surface area contributed by atoms with Gasteiger partial charge in [0.2, 0.25) is 5.91 Å². The number of halogens is 1. The molecule has 0 radical (unpaired) electrons. The highest BCUT2D eigenvalue weighted by molar-refractivity contribution is 5.95. The summed E-state index contributed by atoms with van der Waals surface area (Å²) in [7, 11) is 0. The quantitative estimate of drug-likeness (QED) is 0.461. The molecule has 168 valence electrons. The van der Waals surface area contributed by atoms with E-state index in [0.717, 1.165) is 16.7 Å². The first-order valence-corrected chi connectivity index (χ1v) is 11.0. The Morgan fingerprint density at radius 2 is 1.64 bits per heavy atom. The molecule has 0 bridgehead atoms. The summed E-state index contributed by atoms with van der Waals surface area (Å²) in [6.45, 7) is 4.30. The van der Waals surface area contributed by atoms with Crippen molar-refractivity contribution in [2.45, 2.75) is 39.3 Å². The number of aryl methyl sites for hydroxylation is 1. The molecular formula is C28H26FNO3. The minimum absolute atomic E-state index is 0.0790. The molecule has 0 aromatic heterocycles. The van der Waals surface area contributed by atoms with Crippen LogP contribution in [0, 0.1) is 12.7 Å². The maximum absolute atomic E-state index is 13.5. The zero-order chi connectivity index (χ0) is 23.4. The van der Waals surface area contributed by atoms with Gasteiger partial charge in [0.25, 0.3) is 0 Å². The van der Waals surface area contributed by atoms with Crippen molar-refractivity contribution in [1.29, 1.82) is 0 Å². The van der Waals surface area contributed by atoms with Crippen molar-refractivity contribution in [3.63, 3.8) is 0 Å². The SMILES string of the molecule is CC1=C(C(=O)OCc2ccccc2)C(c2ccc(F)cc2)CC(=O)N1Cc1ccccc1C. The maximum atomic E-state index is 13.5. The number of hydrogen-bond donors (Lipinski definition) is 0. The molecule has 1 aliphatic rings. The van der Waals surface area contributed by atoms with Crippen molar-refractivity contribution in [1.82, 2.24) is 4.90 Å². The van der Waals surface area contributed by atoms with Gasteiger partial charge in [-0.05, 0) is 48.2 Å². The predicted molar refractivity (Wildman–Crippen MR) is 124 cm³/mol. The van der Waals surface area contributed by atoms with Gasteiger partial charge in [0.1, 0.15) is 12.4 Å². The number of esters is 1. The van der Waals surface area contributed by atoms with Crippen LogP contribution in [0.1, 0.15) is 41.5 Å². The summed E-state index contributed by atoms with van der Waals surface area (Å²) in [5.41, 5.74) is 4.69. The van der Waals surface area contributed by atoms with Gasteiger partial charge in [-0.3, -0.25) is 4.79 Å². The third-order valence-corrected chi connectivity index (χ3v) is 6.12. The van der Waals surface area contributed by atoms with E-state index in [4.69, 9.17) is 4.74 Å². The molecule has 33 heavy (non-hydrogen) atoms. The first-order valence-electron chi connectivity index (χ1n) is 11.0. The number of nitrogens with zero attached hydrogens (tertiary/aromatic N) is 1. The largest absolute Gasteiger partial charge is 0.457 e. The number of rotatable bonds is 6. The van der Waals surface area contributed by atoms with Crippen molar-refractivity contribution in [2.75, 3.05) is 0 Å². The first-order chi connectivity index (χ1) is 15.9. The van der Waals surface area contributed by atoms with Gasteiger partial charge in [-0.1, -0.05) is 66.7 Å². The summed E-state index contributed by atoms with van der Waals surface area (Å²) in [5.74, 6) is -1.40. The van der Waals surface area contributed by atoms with Gasteiger partial charge in [0.15, 0.2) is 0 Å². The predicted octanol–water partition coefficient (Wildman–Crippen LogP) is 5.67. The number of ether oxygens (including phenoxy) is 1. The summed E-state index contributed by atoms with van der Waals surface area (Å²) in [5, 5.41) is 0. The van der Waals surface area contributed by atoms with Crippen molar-refractivity contribution in [3.8, 4) is 0 Å². The smallest absolute Gasteiger partial charge is 0.336 e. The van der Waals surface area contributed by atoms with Crippen LogP contribution in [-0.2, 0) is 27.5 Å². The summed E-state index contributed by atoms with van der Waals surface area (Å²) < 4.78 is 19.2. The van der Waals surface area contributed by atoms with E-state index in [0.29, 0.717) is 23.4 Å². The molecule has 1 unspecified atom stereocenters. The van der Waals surface area contributed by atoms with Gasteiger partial charge >= 0.3 is 5.97 Å². The number of amides is 1. The highest BCUT2D eigenvalue weighted by atomic mass is 19.1. The Hall–Kier alpha value is -3.73. The molecule has 1 heterocycles. The van der Waals surface area contributed by atoms with Crippen LogP contribution in [0.3, 0.4) is 0 Å². The molecular weight excluding hydrogens is 417 g/mol. The monoisotopic (exact) mass is 443 g/mol. The molecule has 0 saturated carbocycles. The molecule has 3 aromatic rings. The lowest BCUT2D eigenvalue weighted by Gasteiger charge is -2.35. The van der Waals surface area contributed by atoms with Crippen LogP contribution in [-0.4, -0.2) is 16.8 Å². The molecule has 1 amide bonds. The van der Waals surface area contributed by atoms with Gasteiger partial charge in [0, 0.05) is 18.0 Å². The fourth-order valence-electron chi connectivity index (χ4n) is 4.21. The fourth-order valence-corrected chi connectivity index (χ4v) is 4.21. The molecule has 0 aliphatic carbocycles. The molecule has 4 rings (SSSR count). The van der Waals surface area contributed by atoms with E-state index in [1.54, 1.807) is 24.0 Å². The lowest BCUT2D eigenvalue weighted by molar-refractivity contribution is -0.141. The van der Waals surface area contributed by atoms with Crippen LogP contribution >= 0.6 is 0 Å². The van der Waals surface area contributed by atoms with E-state index in [1.165, 1.54) is 12.1 Å². The number of hydrogen-bond acceptors (Lipinski definition) is 3. The van der Waals surface area contributed by atoms with Gasteiger partial charge < -0.3 is 9.64 Å². The second kappa shape index (κ2) is 9.82. The lowest BCUT2D eigenvalue weighted by Crippen LogP contribution is -2.38. The van der Waals surface area contributed by atoms with E-state index >= 15 is 0 Å².